The Labute approximate surface area is 94.6 Å². The molecular weight excluding hydrogens is 275 g/mol. The normalized spacial score (nSPS) is 10.3. The molecule has 0 aliphatic rings. The molecule has 0 aliphatic heterocycles. The van der Waals surface area contributed by atoms with Gasteiger partial charge in [-0.1, -0.05) is 11.6 Å². The molecule has 5 heteroatoms. The number of rotatable bonds is 4. The first-order valence-corrected chi connectivity index (χ1v) is 5.26. The van der Waals surface area contributed by atoms with Crippen molar-refractivity contribution < 1.29 is 8.78 Å². The molecule has 0 bridgehead atoms. The van der Waals surface area contributed by atoms with Gasteiger partial charge in [-0.3, -0.25) is 4.39 Å². The average Bonchev–Trinajstić information content (AvgIpc) is 2.14. The number of hydrogen-bond donors (Lipinski definition) is 1. The van der Waals surface area contributed by atoms with Crippen molar-refractivity contribution in [3.8, 4) is 0 Å². The van der Waals surface area contributed by atoms with Gasteiger partial charge in [-0.15, -0.1) is 0 Å². The topological polar surface area (TPSA) is 12.0 Å². The third-order valence-corrected chi connectivity index (χ3v) is 2.96. The van der Waals surface area contributed by atoms with Gasteiger partial charge in [0.15, 0.2) is 0 Å². The van der Waals surface area contributed by atoms with E-state index in [0.717, 1.165) is 0 Å². The Morgan fingerprint density at radius 3 is 2.71 bits per heavy atom. The molecule has 0 aromatic heterocycles. The van der Waals surface area contributed by atoms with Gasteiger partial charge < -0.3 is 5.32 Å². The molecule has 0 saturated carbocycles. The van der Waals surface area contributed by atoms with Crippen molar-refractivity contribution in [3.05, 3.63) is 27.4 Å². The van der Waals surface area contributed by atoms with Crippen LogP contribution < -0.4 is 5.32 Å². The van der Waals surface area contributed by atoms with Gasteiger partial charge >= 0.3 is 0 Å². The van der Waals surface area contributed by atoms with Crippen molar-refractivity contribution >= 4 is 33.2 Å². The average molecular weight is 285 g/mol. The van der Waals surface area contributed by atoms with Crippen LogP contribution in [-0.4, -0.2) is 13.2 Å². The second kappa shape index (κ2) is 5.51. The summed E-state index contributed by atoms with van der Waals surface area (Å²) in [4.78, 5) is 0. The molecule has 1 N–H and O–H groups in total. The fourth-order valence-electron chi connectivity index (χ4n) is 0.957. The van der Waals surface area contributed by atoms with Crippen molar-refractivity contribution in [1.82, 2.24) is 0 Å². The first kappa shape index (κ1) is 11.7. The van der Waals surface area contributed by atoms with Crippen LogP contribution in [0.1, 0.15) is 6.42 Å². The number of nitrogens with one attached hydrogen (secondary N) is 1. The second-order valence-corrected chi connectivity index (χ2v) is 3.92. The summed E-state index contributed by atoms with van der Waals surface area (Å²) in [7, 11) is 0. The van der Waals surface area contributed by atoms with Crippen molar-refractivity contribution in [2.24, 2.45) is 0 Å². The maximum atomic E-state index is 13.1. The largest absolute Gasteiger partial charge is 0.385 e. The third kappa shape index (κ3) is 3.10. The summed E-state index contributed by atoms with van der Waals surface area (Å²) in [6, 6.07) is 2.90. The Kier molecular flexibility index (Phi) is 4.62. The molecule has 0 atom stereocenters. The summed E-state index contributed by atoms with van der Waals surface area (Å²) in [5, 5.41) is 3.17. The number of hydrogen-bond acceptors (Lipinski definition) is 1. The minimum atomic E-state index is -0.430. The highest BCUT2D eigenvalue weighted by Crippen LogP contribution is 2.28. The number of benzene rings is 1. The van der Waals surface area contributed by atoms with Gasteiger partial charge in [0, 0.05) is 12.2 Å². The van der Waals surface area contributed by atoms with Crippen LogP contribution in [0.15, 0.2) is 16.6 Å². The molecule has 0 radical (unpaired) electrons. The van der Waals surface area contributed by atoms with E-state index in [1.807, 2.05) is 0 Å². The fraction of sp³-hybridized carbons (Fsp3) is 0.333. The maximum Gasteiger partial charge on any atom is 0.140 e. The summed E-state index contributed by atoms with van der Waals surface area (Å²) in [5.74, 6) is -0.430. The lowest BCUT2D eigenvalue weighted by Gasteiger charge is -2.06. The molecule has 1 aromatic carbocycles. The van der Waals surface area contributed by atoms with Crippen LogP contribution in [0, 0.1) is 5.82 Å². The predicted octanol–water partition coefficient (Wildman–Crippen LogP) is 4.01. The van der Waals surface area contributed by atoms with E-state index in [1.54, 1.807) is 6.07 Å². The highest BCUT2D eigenvalue weighted by atomic mass is 79.9. The van der Waals surface area contributed by atoms with Gasteiger partial charge in [-0.2, -0.15) is 0 Å². The van der Waals surface area contributed by atoms with E-state index < -0.39 is 5.82 Å². The minimum Gasteiger partial charge on any atom is -0.385 e. The summed E-state index contributed by atoms with van der Waals surface area (Å²) < 4.78 is 25.1. The number of halogens is 4. The smallest absolute Gasteiger partial charge is 0.140 e. The minimum absolute atomic E-state index is 0.246. The van der Waals surface area contributed by atoms with Crippen LogP contribution in [0.2, 0.25) is 5.02 Å². The van der Waals surface area contributed by atoms with E-state index in [4.69, 9.17) is 11.6 Å². The van der Waals surface area contributed by atoms with Crippen molar-refractivity contribution in [2.45, 2.75) is 6.42 Å². The quantitative estimate of drug-likeness (QED) is 0.650. The lowest BCUT2D eigenvalue weighted by atomic mass is 10.3. The highest BCUT2D eigenvalue weighted by Gasteiger charge is 2.06. The second-order valence-electron chi connectivity index (χ2n) is 2.72. The molecule has 1 rings (SSSR count). The van der Waals surface area contributed by atoms with Crippen LogP contribution in [0.25, 0.3) is 0 Å². The Morgan fingerprint density at radius 2 is 2.14 bits per heavy atom. The molecule has 0 fully saturated rings. The molecule has 78 valence electrons. The van der Waals surface area contributed by atoms with Gasteiger partial charge in [0.1, 0.15) is 5.82 Å². The SMILES string of the molecule is FCCCNc1cc(F)c(Br)c(Cl)c1. The van der Waals surface area contributed by atoms with Gasteiger partial charge in [0.2, 0.25) is 0 Å². The fourth-order valence-corrected chi connectivity index (χ4v) is 1.39. The highest BCUT2D eigenvalue weighted by molar-refractivity contribution is 9.10. The van der Waals surface area contributed by atoms with Crippen molar-refractivity contribution in [2.75, 3.05) is 18.5 Å². The van der Waals surface area contributed by atoms with E-state index in [-0.39, 0.29) is 11.1 Å². The summed E-state index contributed by atoms with van der Waals surface area (Å²) >= 11 is 8.73. The lowest BCUT2D eigenvalue weighted by Crippen LogP contribution is -2.02. The lowest BCUT2D eigenvalue weighted by molar-refractivity contribution is 0.481. The summed E-state index contributed by atoms with van der Waals surface area (Å²) in [5.41, 5.74) is 0.559. The standard InChI is InChI=1S/C9H9BrClF2N/c10-9-7(11)4-6(5-8(9)13)14-3-1-2-12/h4-5,14H,1-3H2. The molecular formula is C9H9BrClF2N. The third-order valence-electron chi connectivity index (χ3n) is 1.62. The summed E-state index contributed by atoms with van der Waals surface area (Å²) in [6.45, 7) is 0.0770. The van der Waals surface area contributed by atoms with Crippen molar-refractivity contribution in [1.29, 1.82) is 0 Å². The first-order chi connectivity index (χ1) is 6.65. The number of anilines is 1. The van der Waals surface area contributed by atoms with Crippen LogP contribution in [0.5, 0.6) is 0 Å². The first-order valence-electron chi connectivity index (χ1n) is 4.09. The van der Waals surface area contributed by atoms with Gasteiger partial charge in [0.25, 0.3) is 0 Å². The molecule has 0 unspecified atom stereocenters. The van der Waals surface area contributed by atoms with E-state index in [0.29, 0.717) is 23.7 Å². The van der Waals surface area contributed by atoms with Gasteiger partial charge in [-0.25, -0.2) is 4.39 Å². The zero-order valence-corrected chi connectivity index (χ0v) is 9.63. The molecule has 14 heavy (non-hydrogen) atoms. The van der Waals surface area contributed by atoms with Crippen LogP contribution in [0.4, 0.5) is 14.5 Å². The number of alkyl halides is 1. The van der Waals surface area contributed by atoms with Crippen LogP contribution in [0.3, 0.4) is 0 Å². The molecule has 0 aliphatic carbocycles. The molecule has 0 spiro atoms. The summed E-state index contributed by atoms with van der Waals surface area (Å²) in [6.07, 6.45) is 0.398. The van der Waals surface area contributed by atoms with E-state index in [2.05, 4.69) is 21.2 Å². The molecule has 1 nitrogen and oxygen atoms in total. The van der Waals surface area contributed by atoms with E-state index >= 15 is 0 Å². The Morgan fingerprint density at radius 1 is 1.43 bits per heavy atom. The van der Waals surface area contributed by atoms with Gasteiger partial charge in [0.05, 0.1) is 16.2 Å². The Hall–Kier alpha value is -0.350. The zero-order chi connectivity index (χ0) is 10.6. The maximum absolute atomic E-state index is 13.1. The Bertz CT molecular complexity index is 297. The van der Waals surface area contributed by atoms with E-state index in [9.17, 15) is 8.78 Å². The van der Waals surface area contributed by atoms with E-state index in [1.165, 1.54) is 6.07 Å². The zero-order valence-electron chi connectivity index (χ0n) is 7.29. The monoisotopic (exact) mass is 283 g/mol. The van der Waals surface area contributed by atoms with Gasteiger partial charge in [-0.05, 0) is 34.5 Å². The molecule has 1 aromatic rings. The van der Waals surface area contributed by atoms with Crippen LogP contribution in [-0.2, 0) is 0 Å². The predicted molar refractivity (Wildman–Crippen MR) is 58.2 cm³/mol. The molecule has 0 heterocycles. The molecule has 0 amide bonds. The Balaban J connectivity index is 2.69. The molecule has 0 saturated heterocycles. The van der Waals surface area contributed by atoms with Crippen molar-refractivity contribution in [3.63, 3.8) is 0 Å². The van der Waals surface area contributed by atoms with Crippen LogP contribution >= 0.6 is 27.5 Å².